The SMILES string of the molecule is NCC1(OCC2CC2)CCOCC1. The van der Waals surface area contributed by atoms with E-state index in [0.717, 1.165) is 38.6 Å². The van der Waals surface area contributed by atoms with E-state index in [1.54, 1.807) is 0 Å². The zero-order chi connectivity index (χ0) is 9.15. The van der Waals surface area contributed by atoms with Crippen LogP contribution in [0.1, 0.15) is 25.7 Å². The average molecular weight is 185 g/mol. The lowest BCUT2D eigenvalue weighted by Gasteiger charge is -2.36. The molecule has 2 aliphatic rings. The number of ether oxygens (including phenoxy) is 2. The van der Waals surface area contributed by atoms with Gasteiger partial charge in [-0.25, -0.2) is 0 Å². The third-order valence-corrected chi connectivity index (χ3v) is 3.10. The standard InChI is InChI=1S/C10H19NO2/c11-8-10(3-5-12-6-4-10)13-7-9-1-2-9/h9H,1-8,11H2. The second-order valence-electron chi connectivity index (χ2n) is 4.25. The van der Waals surface area contributed by atoms with Crippen molar-refractivity contribution in [2.75, 3.05) is 26.4 Å². The summed E-state index contributed by atoms with van der Waals surface area (Å²) in [6, 6.07) is 0. The van der Waals surface area contributed by atoms with Gasteiger partial charge in [0, 0.05) is 32.6 Å². The summed E-state index contributed by atoms with van der Waals surface area (Å²) in [5, 5.41) is 0. The lowest BCUT2D eigenvalue weighted by atomic mass is 9.94. The summed E-state index contributed by atoms with van der Waals surface area (Å²) in [7, 11) is 0. The summed E-state index contributed by atoms with van der Waals surface area (Å²) in [5.74, 6) is 0.825. The van der Waals surface area contributed by atoms with Crippen molar-refractivity contribution in [3.05, 3.63) is 0 Å². The van der Waals surface area contributed by atoms with E-state index in [0.29, 0.717) is 6.54 Å². The van der Waals surface area contributed by atoms with E-state index >= 15 is 0 Å². The minimum atomic E-state index is -0.0547. The van der Waals surface area contributed by atoms with Gasteiger partial charge in [-0.1, -0.05) is 0 Å². The monoisotopic (exact) mass is 185 g/mol. The smallest absolute Gasteiger partial charge is 0.0848 e. The Bertz CT molecular complexity index is 162. The van der Waals surface area contributed by atoms with E-state index in [-0.39, 0.29) is 5.60 Å². The summed E-state index contributed by atoms with van der Waals surface area (Å²) in [6.07, 6.45) is 4.63. The molecule has 0 unspecified atom stereocenters. The molecule has 13 heavy (non-hydrogen) atoms. The lowest BCUT2D eigenvalue weighted by molar-refractivity contribution is -0.107. The van der Waals surface area contributed by atoms with Gasteiger partial charge >= 0.3 is 0 Å². The van der Waals surface area contributed by atoms with Crippen LogP contribution >= 0.6 is 0 Å². The van der Waals surface area contributed by atoms with Gasteiger partial charge in [-0.05, 0) is 18.8 Å². The van der Waals surface area contributed by atoms with E-state index < -0.39 is 0 Å². The highest BCUT2D eigenvalue weighted by molar-refractivity contribution is 4.86. The molecule has 2 fully saturated rings. The molecular weight excluding hydrogens is 166 g/mol. The topological polar surface area (TPSA) is 44.5 Å². The van der Waals surface area contributed by atoms with Crippen LogP contribution in [0.15, 0.2) is 0 Å². The first-order valence-corrected chi connectivity index (χ1v) is 5.26. The van der Waals surface area contributed by atoms with Crippen LogP contribution in [0.4, 0.5) is 0 Å². The predicted molar refractivity (Wildman–Crippen MR) is 50.5 cm³/mol. The molecule has 0 bridgehead atoms. The molecule has 0 atom stereocenters. The molecule has 76 valence electrons. The molecule has 1 aliphatic heterocycles. The van der Waals surface area contributed by atoms with E-state index in [1.807, 2.05) is 0 Å². The fourth-order valence-electron chi connectivity index (χ4n) is 1.73. The third-order valence-electron chi connectivity index (χ3n) is 3.10. The number of rotatable bonds is 4. The second kappa shape index (κ2) is 3.95. The van der Waals surface area contributed by atoms with Gasteiger partial charge in [-0.3, -0.25) is 0 Å². The zero-order valence-electron chi connectivity index (χ0n) is 8.13. The minimum absolute atomic E-state index is 0.0547. The Hall–Kier alpha value is -0.120. The van der Waals surface area contributed by atoms with Crippen LogP contribution in [0.5, 0.6) is 0 Å². The molecule has 0 aromatic heterocycles. The molecule has 1 saturated heterocycles. The Labute approximate surface area is 79.6 Å². The Morgan fingerprint density at radius 2 is 2.00 bits per heavy atom. The maximum atomic E-state index is 5.94. The van der Waals surface area contributed by atoms with Crippen molar-refractivity contribution < 1.29 is 9.47 Å². The van der Waals surface area contributed by atoms with Crippen molar-refractivity contribution in [2.45, 2.75) is 31.3 Å². The third kappa shape index (κ3) is 2.42. The van der Waals surface area contributed by atoms with Crippen molar-refractivity contribution in [2.24, 2.45) is 11.7 Å². The Morgan fingerprint density at radius 1 is 1.31 bits per heavy atom. The Kier molecular flexibility index (Phi) is 2.86. The van der Waals surface area contributed by atoms with Gasteiger partial charge in [0.25, 0.3) is 0 Å². The first-order chi connectivity index (χ1) is 6.35. The Morgan fingerprint density at radius 3 is 2.54 bits per heavy atom. The van der Waals surface area contributed by atoms with Gasteiger partial charge in [0.1, 0.15) is 0 Å². The van der Waals surface area contributed by atoms with Crippen LogP contribution < -0.4 is 5.73 Å². The summed E-state index contributed by atoms with van der Waals surface area (Å²) in [5.41, 5.74) is 5.71. The molecule has 2 N–H and O–H groups in total. The van der Waals surface area contributed by atoms with Gasteiger partial charge in [-0.2, -0.15) is 0 Å². The first-order valence-electron chi connectivity index (χ1n) is 5.26. The van der Waals surface area contributed by atoms with Crippen molar-refractivity contribution in [1.82, 2.24) is 0 Å². The molecule has 0 radical (unpaired) electrons. The summed E-state index contributed by atoms with van der Waals surface area (Å²) in [6.45, 7) is 3.17. The molecule has 1 heterocycles. The van der Waals surface area contributed by atoms with Gasteiger partial charge in [0.15, 0.2) is 0 Å². The highest BCUT2D eigenvalue weighted by atomic mass is 16.5. The first kappa shape index (κ1) is 9.44. The molecule has 1 aliphatic carbocycles. The quantitative estimate of drug-likeness (QED) is 0.708. The number of hydrogen-bond donors (Lipinski definition) is 1. The summed E-state index contributed by atoms with van der Waals surface area (Å²) >= 11 is 0. The maximum absolute atomic E-state index is 5.94. The van der Waals surface area contributed by atoms with Crippen LogP contribution in [0.2, 0.25) is 0 Å². The molecule has 3 heteroatoms. The highest BCUT2D eigenvalue weighted by Gasteiger charge is 2.34. The molecule has 1 saturated carbocycles. The molecule has 0 spiro atoms. The van der Waals surface area contributed by atoms with Crippen LogP contribution in [0.25, 0.3) is 0 Å². The maximum Gasteiger partial charge on any atom is 0.0848 e. The van der Waals surface area contributed by atoms with Crippen molar-refractivity contribution >= 4 is 0 Å². The largest absolute Gasteiger partial charge is 0.381 e. The van der Waals surface area contributed by atoms with E-state index in [4.69, 9.17) is 15.2 Å². The predicted octanol–water partition coefficient (Wildman–Crippen LogP) is 0.921. The fraction of sp³-hybridized carbons (Fsp3) is 1.00. The van der Waals surface area contributed by atoms with Gasteiger partial charge in [-0.15, -0.1) is 0 Å². The van der Waals surface area contributed by atoms with Crippen LogP contribution in [0.3, 0.4) is 0 Å². The highest BCUT2D eigenvalue weighted by Crippen LogP contribution is 2.32. The van der Waals surface area contributed by atoms with E-state index in [2.05, 4.69) is 0 Å². The normalized spacial score (nSPS) is 27.5. The second-order valence-corrected chi connectivity index (χ2v) is 4.25. The summed E-state index contributed by atoms with van der Waals surface area (Å²) in [4.78, 5) is 0. The van der Waals surface area contributed by atoms with E-state index in [9.17, 15) is 0 Å². The van der Waals surface area contributed by atoms with Crippen molar-refractivity contribution in [3.63, 3.8) is 0 Å². The van der Waals surface area contributed by atoms with Crippen LogP contribution in [0, 0.1) is 5.92 Å². The number of nitrogens with two attached hydrogens (primary N) is 1. The molecule has 0 aromatic carbocycles. The van der Waals surface area contributed by atoms with Gasteiger partial charge in [0.2, 0.25) is 0 Å². The average Bonchev–Trinajstić information content (AvgIpc) is 3.00. The lowest BCUT2D eigenvalue weighted by Crippen LogP contribution is -2.46. The van der Waals surface area contributed by atoms with Crippen molar-refractivity contribution in [1.29, 1.82) is 0 Å². The van der Waals surface area contributed by atoms with Crippen LogP contribution in [-0.4, -0.2) is 32.0 Å². The molecule has 2 rings (SSSR count). The Balaban J connectivity index is 1.80. The molecule has 0 aromatic rings. The molecular formula is C10H19NO2. The molecule has 0 amide bonds. The summed E-state index contributed by atoms with van der Waals surface area (Å²) < 4.78 is 11.3. The van der Waals surface area contributed by atoms with E-state index in [1.165, 1.54) is 12.8 Å². The fourth-order valence-corrected chi connectivity index (χ4v) is 1.73. The zero-order valence-corrected chi connectivity index (χ0v) is 8.13. The minimum Gasteiger partial charge on any atom is -0.381 e. The van der Waals surface area contributed by atoms with Gasteiger partial charge in [0.05, 0.1) is 12.2 Å². The van der Waals surface area contributed by atoms with Crippen molar-refractivity contribution in [3.8, 4) is 0 Å². The molecule has 3 nitrogen and oxygen atoms in total. The van der Waals surface area contributed by atoms with Crippen LogP contribution in [-0.2, 0) is 9.47 Å². The number of hydrogen-bond acceptors (Lipinski definition) is 3. The van der Waals surface area contributed by atoms with Gasteiger partial charge < -0.3 is 15.2 Å².